The summed E-state index contributed by atoms with van der Waals surface area (Å²) in [5, 5.41) is 2.82. The molecule has 3 heteroatoms. The molecule has 0 atom stereocenters. The number of aryl methyl sites for hydroxylation is 1. The van der Waals surface area contributed by atoms with Gasteiger partial charge in [-0.2, -0.15) is 0 Å². The van der Waals surface area contributed by atoms with Gasteiger partial charge in [-0.1, -0.05) is 36.4 Å². The van der Waals surface area contributed by atoms with Crippen molar-refractivity contribution in [3.8, 4) is 0 Å². The van der Waals surface area contributed by atoms with E-state index in [4.69, 9.17) is 0 Å². The minimum Gasteiger partial charge on any atom is -0.342 e. The summed E-state index contributed by atoms with van der Waals surface area (Å²) in [7, 11) is 2.04. The zero-order valence-electron chi connectivity index (χ0n) is 10.5. The van der Waals surface area contributed by atoms with Gasteiger partial charge in [0.2, 0.25) is 0 Å². The first-order valence-corrected chi connectivity index (χ1v) is 6.25. The predicted molar refractivity (Wildman–Crippen MR) is 78.6 cm³/mol. The zero-order chi connectivity index (χ0) is 13.0. The van der Waals surface area contributed by atoms with Crippen LogP contribution >= 0.6 is 0 Å². The third kappa shape index (κ3) is 1.24. The molecule has 2 aromatic carbocycles. The molecule has 0 aliphatic heterocycles. The third-order valence-corrected chi connectivity index (χ3v) is 3.77. The first-order valence-electron chi connectivity index (χ1n) is 6.25. The smallest absolute Gasteiger partial charge is 0.256 e. The summed E-state index contributed by atoms with van der Waals surface area (Å²) >= 11 is 0. The van der Waals surface area contributed by atoms with Crippen molar-refractivity contribution in [2.75, 3.05) is 0 Å². The summed E-state index contributed by atoms with van der Waals surface area (Å²) in [6, 6.07) is 15.9. The number of aromatic amines is 1. The SMILES string of the molecule is Cn1c2ccccc2c2[nH]c(=O)c3ccccc3c21. The average molecular weight is 248 g/mol. The molecule has 0 aliphatic rings. The molecule has 0 saturated carbocycles. The Hall–Kier alpha value is -2.55. The first kappa shape index (κ1) is 10.4. The first-order chi connectivity index (χ1) is 9.27. The topological polar surface area (TPSA) is 37.8 Å². The van der Waals surface area contributed by atoms with Crippen molar-refractivity contribution in [1.29, 1.82) is 0 Å². The second kappa shape index (κ2) is 3.48. The van der Waals surface area contributed by atoms with Crippen LogP contribution in [0.2, 0.25) is 0 Å². The fourth-order valence-electron chi connectivity index (χ4n) is 2.90. The lowest BCUT2D eigenvalue weighted by molar-refractivity contribution is 1.02. The van der Waals surface area contributed by atoms with Gasteiger partial charge in [0, 0.05) is 23.2 Å². The van der Waals surface area contributed by atoms with E-state index in [0.29, 0.717) is 0 Å². The number of H-pyrrole nitrogens is 1. The quantitative estimate of drug-likeness (QED) is 0.510. The molecule has 0 bridgehead atoms. The van der Waals surface area contributed by atoms with Gasteiger partial charge in [-0.05, 0) is 12.1 Å². The fraction of sp³-hybridized carbons (Fsp3) is 0.0625. The summed E-state index contributed by atoms with van der Waals surface area (Å²) in [6.45, 7) is 0. The van der Waals surface area contributed by atoms with Crippen LogP contribution in [0.4, 0.5) is 0 Å². The van der Waals surface area contributed by atoms with Gasteiger partial charge >= 0.3 is 0 Å². The van der Waals surface area contributed by atoms with Gasteiger partial charge in [0.1, 0.15) is 0 Å². The minimum atomic E-state index is -0.0283. The molecule has 0 aliphatic carbocycles. The van der Waals surface area contributed by atoms with E-state index in [1.807, 2.05) is 49.5 Å². The maximum absolute atomic E-state index is 12.2. The molecule has 1 N–H and O–H groups in total. The van der Waals surface area contributed by atoms with Crippen molar-refractivity contribution in [2.24, 2.45) is 7.05 Å². The van der Waals surface area contributed by atoms with Crippen LogP contribution in [0.3, 0.4) is 0 Å². The fourth-order valence-corrected chi connectivity index (χ4v) is 2.90. The van der Waals surface area contributed by atoms with Gasteiger partial charge < -0.3 is 9.55 Å². The van der Waals surface area contributed by atoms with Gasteiger partial charge in [-0.15, -0.1) is 0 Å². The Morgan fingerprint density at radius 2 is 1.53 bits per heavy atom. The van der Waals surface area contributed by atoms with Crippen molar-refractivity contribution in [2.45, 2.75) is 0 Å². The Labute approximate surface area is 109 Å². The maximum Gasteiger partial charge on any atom is 0.256 e. The largest absolute Gasteiger partial charge is 0.342 e. The predicted octanol–water partition coefficient (Wildman–Crippen LogP) is 3.17. The van der Waals surface area contributed by atoms with Crippen molar-refractivity contribution >= 4 is 32.7 Å². The summed E-state index contributed by atoms with van der Waals surface area (Å²) in [6.07, 6.45) is 0. The number of hydrogen-bond acceptors (Lipinski definition) is 1. The molecule has 0 radical (unpaired) electrons. The van der Waals surface area contributed by atoms with Gasteiger partial charge in [0.25, 0.3) is 5.56 Å². The Bertz CT molecular complexity index is 992. The lowest BCUT2D eigenvalue weighted by Crippen LogP contribution is -2.06. The number of para-hydroxylation sites is 1. The number of fused-ring (bicyclic) bond motifs is 5. The molecule has 0 saturated heterocycles. The zero-order valence-corrected chi connectivity index (χ0v) is 10.5. The van der Waals surface area contributed by atoms with Crippen LogP contribution in [0, 0.1) is 0 Å². The summed E-state index contributed by atoms with van der Waals surface area (Å²) in [5.41, 5.74) is 3.10. The lowest BCUT2D eigenvalue weighted by atomic mass is 10.1. The Kier molecular flexibility index (Phi) is 1.90. The highest BCUT2D eigenvalue weighted by molar-refractivity contribution is 6.15. The third-order valence-electron chi connectivity index (χ3n) is 3.77. The van der Waals surface area contributed by atoms with Crippen LogP contribution in [0.25, 0.3) is 32.7 Å². The molecule has 0 amide bonds. The lowest BCUT2D eigenvalue weighted by Gasteiger charge is -2.02. The highest BCUT2D eigenvalue weighted by Gasteiger charge is 2.12. The van der Waals surface area contributed by atoms with Gasteiger partial charge in [0.05, 0.1) is 16.6 Å². The minimum absolute atomic E-state index is 0.0283. The van der Waals surface area contributed by atoms with Gasteiger partial charge in [0.15, 0.2) is 0 Å². The van der Waals surface area contributed by atoms with Crippen molar-refractivity contribution in [1.82, 2.24) is 9.55 Å². The van der Waals surface area contributed by atoms with E-state index < -0.39 is 0 Å². The van der Waals surface area contributed by atoms with Gasteiger partial charge in [-0.25, -0.2) is 0 Å². The number of rotatable bonds is 0. The molecular formula is C16H12N2O. The van der Waals surface area contributed by atoms with Crippen molar-refractivity contribution in [3.63, 3.8) is 0 Å². The number of nitrogens with one attached hydrogen (secondary N) is 1. The van der Waals surface area contributed by atoms with Crippen LogP contribution in [-0.4, -0.2) is 9.55 Å². The highest BCUT2D eigenvalue weighted by Crippen LogP contribution is 2.29. The van der Waals surface area contributed by atoms with Crippen LogP contribution in [-0.2, 0) is 7.05 Å². The standard InChI is InChI=1S/C16H12N2O/c1-18-13-9-5-4-8-12(13)14-15(18)10-6-2-3-7-11(10)16(19)17-14/h2-9H,1H3,(H,17,19). The maximum atomic E-state index is 12.2. The number of benzene rings is 2. The van der Waals surface area contributed by atoms with E-state index >= 15 is 0 Å². The Morgan fingerprint density at radius 3 is 2.32 bits per heavy atom. The molecule has 4 rings (SSSR count). The normalized spacial score (nSPS) is 11.6. The van der Waals surface area contributed by atoms with Crippen LogP contribution in [0.15, 0.2) is 53.3 Å². The molecule has 2 heterocycles. The van der Waals surface area contributed by atoms with E-state index in [2.05, 4.69) is 15.6 Å². The number of hydrogen-bond donors (Lipinski definition) is 1. The van der Waals surface area contributed by atoms with E-state index in [0.717, 1.165) is 32.7 Å². The summed E-state index contributed by atoms with van der Waals surface area (Å²) in [5.74, 6) is 0. The Morgan fingerprint density at radius 1 is 0.895 bits per heavy atom. The molecule has 0 unspecified atom stereocenters. The number of pyridine rings is 1. The van der Waals surface area contributed by atoms with Crippen LogP contribution in [0.5, 0.6) is 0 Å². The molecule has 3 nitrogen and oxygen atoms in total. The molecule has 92 valence electrons. The molecular weight excluding hydrogens is 236 g/mol. The Balaban J connectivity index is 2.45. The van der Waals surface area contributed by atoms with E-state index in [-0.39, 0.29) is 5.56 Å². The summed E-state index contributed by atoms with van der Waals surface area (Å²) < 4.78 is 2.14. The van der Waals surface area contributed by atoms with E-state index in [1.54, 1.807) is 0 Å². The average Bonchev–Trinajstić information content (AvgIpc) is 2.73. The second-order valence-corrected chi connectivity index (χ2v) is 4.80. The monoisotopic (exact) mass is 248 g/mol. The molecule has 19 heavy (non-hydrogen) atoms. The summed E-state index contributed by atoms with van der Waals surface area (Å²) in [4.78, 5) is 15.2. The van der Waals surface area contributed by atoms with E-state index in [1.165, 1.54) is 0 Å². The molecule has 0 spiro atoms. The number of nitrogens with zero attached hydrogens (tertiary/aromatic N) is 1. The van der Waals surface area contributed by atoms with E-state index in [9.17, 15) is 4.79 Å². The molecule has 4 aromatic rings. The number of aromatic nitrogens is 2. The van der Waals surface area contributed by atoms with Crippen LogP contribution in [0.1, 0.15) is 0 Å². The highest BCUT2D eigenvalue weighted by atomic mass is 16.1. The van der Waals surface area contributed by atoms with Crippen molar-refractivity contribution in [3.05, 3.63) is 58.9 Å². The molecule has 2 aromatic heterocycles. The van der Waals surface area contributed by atoms with Crippen LogP contribution < -0.4 is 5.56 Å². The van der Waals surface area contributed by atoms with Crippen molar-refractivity contribution < 1.29 is 0 Å². The van der Waals surface area contributed by atoms with Gasteiger partial charge in [-0.3, -0.25) is 4.79 Å². The second-order valence-electron chi connectivity index (χ2n) is 4.80. The molecule has 0 fully saturated rings.